The van der Waals surface area contributed by atoms with Crippen LogP contribution < -0.4 is 5.32 Å². The van der Waals surface area contributed by atoms with E-state index < -0.39 is 5.60 Å². The molecule has 6 nitrogen and oxygen atoms in total. The summed E-state index contributed by atoms with van der Waals surface area (Å²) in [6, 6.07) is 7.13. The molecule has 1 unspecified atom stereocenters. The molecule has 1 saturated carbocycles. The van der Waals surface area contributed by atoms with E-state index in [0.717, 1.165) is 18.4 Å². The summed E-state index contributed by atoms with van der Waals surface area (Å²) in [5.41, 5.74) is 0.715. The summed E-state index contributed by atoms with van der Waals surface area (Å²) in [4.78, 5) is 16.5. The Labute approximate surface area is 140 Å². The van der Waals surface area contributed by atoms with Crippen LogP contribution in [-0.2, 0) is 10.3 Å². The average molecular weight is 327 g/mol. The number of amides is 1. The monoisotopic (exact) mass is 327 g/mol. The lowest BCUT2D eigenvalue weighted by molar-refractivity contribution is -0.0429. The molecule has 1 aliphatic carbocycles. The van der Waals surface area contributed by atoms with Crippen molar-refractivity contribution in [2.75, 3.05) is 13.7 Å². The van der Waals surface area contributed by atoms with E-state index in [4.69, 9.17) is 9.26 Å². The minimum atomic E-state index is -0.551. The molecule has 1 N–H and O–H groups in total. The van der Waals surface area contributed by atoms with Crippen molar-refractivity contribution < 1.29 is 14.1 Å². The van der Waals surface area contributed by atoms with Crippen molar-refractivity contribution in [1.29, 1.82) is 0 Å². The van der Waals surface area contributed by atoms with Crippen LogP contribution >= 0.6 is 0 Å². The molecule has 24 heavy (non-hydrogen) atoms. The van der Waals surface area contributed by atoms with Gasteiger partial charge >= 0.3 is 0 Å². The number of rotatable bonds is 7. The molecule has 1 amide bonds. The molecule has 6 heteroatoms. The lowest BCUT2D eigenvalue weighted by Gasteiger charge is -2.23. The van der Waals surface area contributed by atoms with E-state index in [-0.39, 0.29) is 5.91 Å². The average Bonchev–Trinajstić information content (AvgIpc) is 3.36. The molecule has 1 aliphatic rings. The molecule has 2 aromatic rings. The Morgan fingerprint density at radius 3 is 3.00 bits per heavy atom. The maximum atomic E-state index is 12.1. The van der Waals surface area contributed by atoms with Gasteiger partial charge in [0.15, 0.2) is 0 Å². The summed E-state index contributed by atoms with van der Waals surface area (Å²) in [5, 5.41) is 6.81. The Kier molecular flexibility index (Phi) is 4.49. The molecule has 126 valence electrons. The maximum absolute atomic E-state index is 12.1. The first kappa shape index (κ1) is 16.4. The molecule has 3 rings (SSSR count). The van der Waals surface area contributed by atoms with Crippen LogP contribution in [0.3, 0.4) is 0 Å². The third-order valence-corrected chi connectivity index (χ3v) is 4.42. The first-order chi connectivity index (χ1) is 11.6. The SMILES string of the molecule is C=CCNC(=O)c1cccc(-c2noc(C(C)(OC)C3CC3)n2)c1. The van der Waals surface area contributed by atoms with Crippen molar-refractivity contribution in [3.05, 3.63) is 48.4 Å². The molecule has 0 radical (unpaired) electrons. The van der Waals surface area contributed by atoms with Gasteiger partial charge in [-0.3, -0.25) is 4.79 Å². The Balaban J connectivity index is 1.85. The first-order valence-electron chi connectivity index (χ1n) is 7.97. The molecule has 0 spiro atoms. The molecule has 1 aromatic heterocycles. The fourth-order valence-electron chi connectivity index (χ4n) is 2.67. The fourth-order valence-corrected chi connectivity index (χ4v) is 2.67. The lowest BCUT2D eigenvalue weighted by atomic mass is 10.0. The first-order valence-corrected chi connectivity index (χ1v) is 7.97. The van der Waals surface area contributed by atoms with Gasteiger partial charge in [0.25, 0.3) is 11.8 Å². The molecular weight excluding hydrogens is 306 g/mol. The minimum absolute atomic E-state index is 0.167. The second-order valence-electron chi connectivity index (χ2n) is 6.09. The van der Waals surface area contributed by atoms with E-state index >= 15 is 0 Å². The Bertz CT molecular complexity index is 751. The van der Waals surface area contributed by atoms with Crippen LogP contribution in [-0.4, -0.2) is 29.7 Å². The Hall–Kier alpha value is -2.47. The summed E-state index contributed by atoms with van der Waals surface area (Å²) in [7, 11) is 1.66. The van der Waals surface area contributed by atoms with E-state index in [0.29, 0.717) is 29.7 Å². The number of aromatic nitrogens is 2. The number of nitrogens with zero attached hydrogens (tertiary/aromatic N) is 2. The molecular formula is C18H21N3O3. The van der Waals surface area contributed by atoms with E-state index in [9.17, 15) is 4.79 Å². The van der Waals surface area contributed by atoms with Gasteiger partial charge in [0.1, 0.15) is 5.60 Å². The van der Waals surface area contributed by atoms with E-state index in [2.05, 4.69) is 22.0 Å². The molecule has 0 saturated heterocycles. The van der Waals surface area contributed by atoms with Crippen LogP contribution in [0.2, 0.25) is 0 Å². The van der Waals surface area contributed by atoms with Gasteiger partial charge in [0.05, 0.1) is 0 Å². The van der Waals surface area contributed by atoms with E-state index in [1.165, 1.54) is 0 Å². The summed E-state index contributed by atoms with van der Waals surface area (Å²) in [6.45, 7) is 5.98. The highest BCUT2D eigenvalue weighted by Gasteiger charge is 2.47. The maximum Gasteiger partial charge on any atom is 0.259 e. The van der Waals surface area contributed by atoms with Gasteiger partial charge in [-0.1, -0.05) is 23.4 Å². The number of hydrogen-bond donors (Lipinski definition) is 1. The highest BCUT2D eigenvalue weighted by Crippen LogP contribution is 2.47. The highest BCUT2D eigenvalue weighted by atomic mass is 16.5. The van der Waals surface area contributed by atoms with Crippen molar-refractivity contribution in [3.63, 3.8) is 0 Å². The number of hydrogen-bond acceptors (Lipinski definition) is 5. The second-order valence-corrected chi connectivity index (χ2v) is 6.09. The molecule has 1 atom stereocenters. The molecule has 0 bridgehead atoms. The number of methoxy groups -OCH3 is 1. The molecule has 1 aromatic carbocycles. The zero-order valence-electron chi connectivity index (χ0n) is 13.9. The summed E-state index contributed by atoms with van der Waals surface area (Å²) >= 11 is 0. The van der Waals surface area contributed by atoms with Gasteiger partial charge in [0, 0.05) is 24.8 Å². The van der Waals surface area contributed by atoms with Crippen LogP contribution in [0.1, 0.15) is 36.0 Å². The zero-order valence-corrected chi connectivity index (χ0v) is 13.9. The summed E-state index contributed by atoms with van der Waals surface area (Å²) < 4.78 is 11.1. The van der Waals surface area contributed by atoms with Crippen LogP contribution in [0.4, 0.5) is 0 Å². The predicted molar refractivity (Wildman–Crippen MR) is 89.3 cm³/mol. The lowest BCUT2D eigenvalue weighted by Crippen LogP contribution is -2.27. The van der Waals surface area contributed by atoms with Crippen LogP contribution in [0.15, 0.2) is 41.4 Å². The van der Waals surface area contributed by atoms with Gasteiger partial charge in [-0.15, -0.1) is 6.58 Å². The normalized spacial score (nSPS) is 16.4. The third kappa shape index (κ3) is 3.10. The van der Waals surface area contributed by atoms with Crippen LogP contribution in [0.25, 0.3) is 11.4 Å². The fraction of sp³-hybridized carbons (Fsp3) is 0.389. The zero-order chi connectivity index (χ0) is 17.2. The highest BCUT2D eigenvalue weighted by molar-refractivity contribution is 5.95. The smallest absolute Gasteiger partial charge is 0.259 e. The number of carbonyl (C=O) groups excluding carboxylic acids is 1. The second kappa shape index (κ2) is 6.57. The molecule has 0 aliphatic heterocycles. The summed E-state index contributed by atoms with van der Waals surface area (Å²) in [5.74, 6) is 1.17. The van der Waals surface area contributed by atoms with Gasteiger partial charge in [0.2, 0.25) is 5.82 Å². The Morgan fingerprint density at radius 1 is 1.54 bits per heavy atom. The number of nitrogens with one attached hydrogen (secondary N) is 1. The van der Waals surface area contributed by atoms with Crippen molar-refractivity contribution in [2.45, 2.75) is 25.4 Å². The van der Waals surface area contributed by atoms with Gasteiger partial charge < -0.3 is 14.6 Å². The standard InChI is InChI=1S/C18H21N3O3/c1-4-10-19-16(22)13-7-5-6-12(11-13)15-20-17(24-21-15)18(2,23-3)14-8-9-14/h4-7,11,14H,1,8-10H2,2-3H3,(H,19,22). The van der Waals surface area contributed by atoms with Gasteiger partial charge in [-0.05, 0) is 37.8 Å². The molecule has 1 fully saturated rings. The largest absolute Gasteiger partial charge is 0.368 e. The van der Waals surface area contributed by atoms with Crippen molar-refractivity contribution in [2.24, 2.45) is 5.92 Å². The van der Waals surface area contributed by atoms with Gasteiger partial charge in [-0.25, -0.2) is 0 Å². The quantitative estimate of drug-likeness (QED) is 0.791. The summed E-state index contributed by atoms with van der Waals surface area (Å²) in [6.07, 6.45) is 3.83. The third-order valence-electron chi connectivity index (χ3n) is 4.42. The van der Waals surface area contributed by atoms with Crippen molar-refractivity contribution in [1.82, 2.24) is 15.5 Å². The van der Waals surface area contributed by atoms with Crippen molar-refractivity contribution >= 4 is 5.91 Å². The number of benzene rings is 1. The number of carbonyl (C=O) groups is 1. The number of ether oxygens (including phenoxy) is 1. The minimum Gasteiger partial charge on any atom is -0.368 e. The van der Waals surface area contributed by atoms with Gasteiger partial charge in [-0.2, -0.15) is 4.98 Å². The van der Waals surface area contributed by atoms with E-state index in [1.807, 2.05) is 13.0 Å². The predicted octanol–water partition coefficient (Wildman–Crippen LogP) is 2.92. The molecule has 1 heterocycles. The Morgan fingerprint density at radius 2 is 2.33 bits per heavy atom. The topological polar surface area (TPSA) is 77.2 Å². The van der Waals surface area contributed by atoms with Crippen LogP contribution in [0.5, 0.6) is 0 Å². The van der Waals surface area contributed by atoms with E-state index in [1.54, 1.807) is 31.4 Å². The van der Waals surface area contributed by atoms with Crippen LogP contribution in [0, 0.1) is 5.92 Å². The van der Waals surface area contributed by atoms with Crippen molar-refractivity contribution in [3.8, 4) is 11.4 Å².